The van der Waals surface area contributed by atoms with Gasteiger partial charge in [0.15, 0.2) is 11.9 Å². The monoisotopic (exact) mass is 598 g/mol. The molecule has 0 N–H and O–H groups in total. The summed E-state index contributed by atoms with van der Waals surface area (Å²) in [6.07, 6.45) is -4.50. The van der Waals surface area contributed by atoms with Gasteiger partial charge in [-0.05, 0) is 31.0 Å². The van der Waals surface area contributed by atoms with Crippen LogP contribution in [-0.2, 0) is 29.7 Å². The molecule has 228 valence electrons. The van der Waals surface area contributed by atoms with E-state index in [4.69, 9.17) is 23.8 Å². The van der Waals surface area contributed by atoms with Crippen molar-refractivity contribution in [3.63, 3.8) is 0 Å². The highest BCUT2D eigenvalue weighted by atomic mass is 19.4. The number of halogens is 5. The van der Waals surface area contributed by atoms with Gasteiger partial charge in [0.2, 0.25) is 0 Å². The van der Waals surface area contributed by atoms with Gasteiger partial charge < -0.3 is 23.8 Å². The third-order valence-corrected chi connectivity index (χ3v) is 6.66. The van der Waals surface area contributed by atoms with Crippen LogP contribution in [0.25, 0.3) is 17.1 Å². The fourth-order valence-corrected chi connectivity index (χ4v) is 4.45. The van der Waals surface area contributed by atoms with E-state index in [-0.39, 0.29) is 17.9 Å². The fraction of sp³-hybridized carbons (Fsp3) is 0.464. The van der Waals surface area contributed by atoms with E-state index in [1.165, 1.54) is 24.3 Å². The third kappa shape index (κ3) is 6.77. The molecule has 1 aliphatic rings. The third-order valence-electron chi connectivity index (χ3n) is 6.66. The fourth-order valence-electron chi connectivity index (χ4n) is 4.45. The molecule has 1 aromatic heterocycles. The van der Waals surface area contributed by atoms with Gasteiger partial charge in [-0.2, -0.15) is 22.0 Å². The number of ether oxygens (including phenoxy) is 4. The molecule has 2 aromatic carbocycles. The van der Waals surface area contributed by atoms with Gasteiger partial charge in [0.25, 0.3) is 6.29 Å². The van der Waals surface area contributed by atoms with Crippen molar-refractivity contribution in [2.24, 2.45) is 5.16 Å². The molecule has 2 heterocycles. The van der Waals surface area contributed by atoms with E-state index in [2.05, 4.69) is 15.2 Å². The number of alkyl halides is 5. The lowest BCUT2D eigenvalue weighted by Crippen LogP contribution is -2.59. The Labute approximate surface area is 239 Å². The summed E-state index contributed by atoms with van der Waals surface area (Å²) in [5, 5.41) is 8.36. The summed E-state index contributed by atoms with van der Waals surface area (Å²) >= 11 is 0. The van der Waals surface area contributed by atoms with Gasteiger partial charge in [-0.3, -0.25) is 0 Å². The molecular weight excluding hydrogens is 567 g/mol. The standard InChI is InChI=1S/C28H31F5N4O5/c1-5-14-40-23-22(38-3)17(2)41-26(24(23)39-4)42-35-15-18-6-8-19(9-7-18)25-34-16-37(36-25)21-12-10-20(11-13-21)27(29,30)28(31,32)33/h6-13,15-17,22-24,26H,5,14H2,1-4H3/b35-15+/t17-,22-,23+,24+,26-/m0/s1. The molecule has 4 rings (SSSR count). The number of rotatable bonds is 11. The first-order chi connectivity index (χ1) is 20.0. The van der Waals surface area contributed by atoms with E-state index in [9.17, 15) is 22.0 Å². The van der Waals surface area contributed by atoms with Crippen LogP contribution >= 0.6 is 0 Å². The van der Waals surface area contributed by atoms with Crippen molar-refractivity contribution >= 4 is 6.21 Å². The highest BCUT2D eigenvalue weighted by molar-refractivity contribution is 5.80. The molecule has 1 saturated heterocycles. The van der Waals surface area contributed by atoms with Gasteiger partial charge >= 0.3 is 12.1 Å². The Balaban J connectivity index is 1.40. The second-order valence-electron chi connectivity index (χ2n) is 9.54. The topological polar surface area (TPSA) is 89.2 Å². The minimum Gasteiger partial charge on any atom is -0.376 e. The average molecular weight is 599 g/mol. The number of benzene rings is 2. The van der Waals surface area contributed by atoms with Crippen molar-refractivity contribution in [3.05, 3.63) is 66.0 Å². The van der Waals surface area contributed by atoms with Crippen LogP contribution in [-0.4, -0.2) is 78.7 Å². The zero-order valence-electron chi connectivity index (χ0n) is 23.3. The zero-order chi connectivity index (χ0) is 30.5. The number of hydrogen-bond acceptors (Lipinski definition) is 8. The minimum atomic E-state index is -5.69. The van der Waals surface area contributed by atoms with Crippen LogP contribution in [0.2, 0.25) is 0 Å². The maximum absolute atomic E-state index is 13.6. The molecule has 0 amide bonds. The van der Waals surface area contributed by atoms with Gasteiger partial charge in [-0.15, -0.1) is 5.10 Å². The first-order valence-electron chi connectivity index (χ1n) is 13.1. The summed E-state index contributed by atoms with van der Waals surface area (Å²) in [5.74, 6) is -4.64. The normalized spacial score (nSPS) is 23.4. The molecule has 9 nitrogen and oxygen atoms in total. The second kappa shape index (κ2) is 13.2. The quantitative estimate of drug-likeness (QED) is 0.163. The highest BCUT2D eigenvalue weighted by Crippen LogP contribution is 2.43. The summed E-state index contributed by atoms with van der Waals surface area (Å²) in [4.78, 5) is 9.83. The zero-order valence-corrected chi connectivity index (χ0v) is 23.3. The number of oxime groups is 1. The van der Waals surface area contributed by atoms with E-state index in [0.717, 1.165) is 18.6 Å². The Morgan fingerprint density at radius 3 is 2.21 bits per heavy atom. The van der Waals surface area contributed by atoms with E-state index in [0.29, 0.717) is 35.7 Å². The van der Waals surface area contributed by atoms with E-state index >= 15 is 0 Å². The average Bonchev–Trinajstić information content (AvgIpc) is 3.46. The summed E-state index contributed by atoms with van der Waals surface area (Å²) in [7, 11) is 3.12. The molecule has 14 heteroatoms. The van der Waals surface area contributed by atoms with Crippen LogP contribution in [0.15, 0.2) is 60.0 Å². The summed E-state index contributed by atoms with van der Waals surface area (Å²) in [5.41, 5.74) is 0.443. The lowest BCUT2D eigenvalue weighted by Gasteiger charge is -2.42. The smallest absolute Gasteiger partial charge is 0.376 e. The van der Waals surface area contributed by atoms with Crippen LogP contribution in [0.3, 0.4) is 0 Å². The van der Waals surface area contributed by atoms with Gasteiger partial charge in [0, 0.05) is 32.0 Å². The molecule has 0 bridgehead atoms. The Bertz CT molecular complexity index is 1320. The maximum atomic E-state index is 13.6. The molecule has 0 unspecified atom stereocenters. The number of nitrogens with zero attached hydrogens (tertiary/aromatic N) is 4. The number of aromatic nitrogens is 3. The van der Waals surface area contributed by atoms with Crippen LogP contribution in [0.1, 0.15) is 31.4 Å². The first-order valence-corrected chi connectivity index (χ1v) is 13.1. The maximum Gasteiger partial charge on any atom is 0.458 e. The first kappa shape index (κ1) is 31.5. The molecule has 0 radical (unpaired) electrons. The summed E-state index contributed by atoms with van der Waals surface area (Å²) in [6, 6.07) is 10.6. The van der Waals surface area contributed by atoms with Crippen molar-refractivity contribution in [3.8, 4) is 17.1 Å². The predicted molar refractivity (Wildman–Crippen MR) is 141 cm³/mol. The number of methoxy groups -OCH3 is 2. The summed E-state index contributed by atoms with van der Waals surface area (Å²) < 4.78 is 89.3. The Hall–Kier alpha value is -3.46. The lowest BCUT2D eigenvalue weighted by molar-refractivity contribution is -0.308. The van der Waals surface area contributed by atoms with Crippen LogP contribution in [0, 0.1) is 0 Å². The van der Waals surface area contributed by atoms with Crippen LogP contribution in [0.5, 0.6) is 0 Å². The molecule has 1 aliphatic heterocycles. The van der Waals surface area contributed by atoms with E-state index in [1.54, 1.807) is 31.4 Å². The van der Waals surface area contributed by atoms with Crippen LogP contribution < -0.4 is 0 Å². The summed E-state index contributed by atoms with van der Waals surface area (Å²) in [6.45, 7) is 4.39. The van der Waals surface area contributed by atoms with Gasteiger partial charge in [-0.25, -0.2) is 9.67 Å². The Morgan fingerprint density at radius 2 is 1.62 bits per heavy atom. The number of hydrogen-bond donors (Lipinski definition) is 0. The van der Waals surface area contributed by atoms with E-state index < -0.39 is 36.2 Å². The Kier molecular flexibility index (Phi) is 9.92. The lowest BCUT2D eigenvalue weighted by atomic mass is 9.99. The Morgan fingerprint density at radius 1 is 0.952 bits per heavy atom. The molecule has 5 atom stereocenters. The predicted octanol–water partition coefficient (Wildman–Crippen LogP) is 5.51. The SMILES string of the molecule is CCCO[C@@H]1[C@@H](OC)[C@H](C)O[C@@H](O/N=C/c2ccc(-c3ncn(-c4ccc(C(F)(F)C(F)(F)F)cc4)n3)cc2)[C@@H]1OC. The second-order valence-corrected chi connectivity index (χ2v) is 9.54. The van der Waals surface area contributed by atoms with Gasteiger partial charge in [0.05, 0.1) is 18.0 Å². The van der Waals surface area contributed by atoms with Gasteiger partial charge in [0.1, 0.15) is 18.5 Å². The van der Waals surface area contributed by atoms with Crippen LogP contribution in [0.4, 0.5) is 22.0 Å². The molecule has 3 aromatic rings. The molecule has 0 aliphatic carbocycles. The van der Waals surface area contributed by atoms with Crippen molar-refractivity contribution in [2.75, 3.05) is 20.8 Å². The largest absolute Gasteiger partial charge is 0.458 e. The molecular formula is C28H31F5N4O5. The molecule has 0 saturated carbocycles. The van der Waals surface area contributed by atoms with Crippen molar-refractivity contribution < 1.29 is 45.7 Å². The molecule has 0 spiro atoms. The van der Waals surface area contributed by atoms with Gasteiger partial charge in [-0.1, -0.05) is 48.5 Å². The highest BCUT2D eigenvalue weighted by Gasteiger charge is 2.58. The van der Waals surface area contributed by atoms with Crippen molar-refractivity contribution in [2.45, 2.75) is 63.1 Å². The minimum absolute atomic E-state index is 0.268. The molecule has 1 fully saturated rings. The van der Waals surface area contributed by atoms with Crippen molar-refractivity contribution in [1.82, 2.24) is 14.8 Å². The van der Waals surface area contributed by atoms with E-state index in [1.807, 2.05) is 13.8 Å². The van der Waals surface area contributed by atoms with Crippen molar-refractivity contribution in [1.29, 1.82) is 0 Å². The molecule has 42 heavy (non-hydrogen) atoms.